The Morgan fingerprint density at radius 3 is 2.50 bits per heavy atom. The highest BCUT2D eigenvalue weighted by atomic mass is 28.4. The first-order valence-corrected chi connectivity index (χ1v) is 12.8. The molecule has 2 rings (SSSR count). The summed E-state index contributed by atoms with van der Waals surface area (Å²) in [6.07, 6.45) is 8.48. The maximum absolute atomic E-state index is 12.5. The van der Waals surface area contributed by atoms with Crippen LogP contribution in [0.4, 0.5) is 5.82 Å². The number of carbonyl (C=O) groups is 1. The standard InChI is InChI=1S/C20H35N3O2Si/c1-20(2,3)26(4,5)25-15-17-13-10-14-21-18(17)22-23-19(24)16-11-8-6-7-9-12-16/h10,13-14,16H,6-9,11-12,15H2,1-5H3,(H,21,22)(H,23,24). The average molecular weight is 378 g/mol. The highest BCUT2D eigenvalue weighted by molar-refractivity contribution is 6.74. The largest absolute Gasteiger partial charge is 0.412 e. The first-order chi connectivity index (χ1) is 12.2. The lowest BCUT2D eigenvalue weighted by Crippen LogP contribution is -2.40. The Balaban J connectivity index is 1.95. The second-order valence-electron chi connectivity index (χ2n) is 8.86. The van der Waals surface area contributed by atoms with E-state index in [0.717, 1.165) is 31.2 Å². The lowest BCUT2D eigenvalue weighted by molar-refractivity contribution is -0.124. The number of nitrogens with zero attached hydrogens (tertiary/aromatic N) is 1. The smallest absolute Gasteiger partial charge is 0.241 e. The normalized spacial score (nSPS) is 16.8. The van der Waals surface area contributed by atoms with Gasteiger partial charge in [0.05, 0.1) is 6.61 Å². The van der Waals surface area contributed by atoms with Crippen LogP contribution in [0.15, 0.2) is 18.3 Å². The second kappa shape index (κ2) is 9.00. The number of aromatic nitrogens is 1. The van der Waals surface area contributed by atoms with E-state index in [0.29, 0.717) is 12.4 Å². The van der Waals surface area contributed by atoms with Crippen LogP contribution in [0.3, 0.4) is 0 Å². The van der Waals surface area contributed by atoms with Crippen LogP contribution in [-0.4, -0.2) is 19.2 Å². The number of rotatable bonds is 6. The van der Waals surface area contributed by atoms with Gasteiger partial charge in [-0.1, -0.05) is 52.5 Å². The summed E-state index contributed by atoms with van der Waals surface area (Å²) >= 11 is 0. The molecule has 1 aromatic rings. The molecule has 0 bridgehead atoms. The first kappa shape index (κ1) is 20.9. The van der Waals surface area contributed by atoms with Gasteiger partial charge >= 0.3 is 0 Å². The summed E-state index contributed by atoms with van der Waals surface area (Å²) in [4.78, 5) is 16.8. The van der Waals surface area contributed by atoms with E-state index in [1.165, 1.54) is 12.8 Å². The fourth-order valence-electron chi connectivity index (χ4n) is 2.91. The maximum atomic E-state index is 12.5. The van der Waals surface area contributed by atoms with E-state index in [1.54, 1.807) is 6.20 Å². The topological polar surface area (TPSA) is 63.2 Å². The third-order valence-electron chi connectivity index (χ3n) is 5.82. The molecular formula is C20H35N3O2Si. The van der Waals surface area contributed by atoms with E-state index in [4.69, 9.17) is 4.43 Å². The number of pyridine rings is 1. The zero-order valence-electron chi connectivity index (χ0n) is 17.0. The van der Waals surface area contributed by atoms with Gasteiger partial charge in [-0.15, -0.1) is 0 Å². The molecule has 0 atom stereocenters. The monoisotopic (exact) mass is 377 g/mol. The molecule has 1 aliphatic rings. The molecule has 1 amide bonds. The van der Waals surface area contributed by atoms with Crippen LogP contribution in [0.1, 0.15) is 64.9 Å². The van der Waals surface area contributed by atoms with Crippen molar-refractivity contribution in [1.82, 2.24) is 10.4 Å². The number of hydrazine groups is 1. The fraction of sp³-hybridized carbons (Fsp3) is 0.700. The molecule has 0 saturated heterocycles. The van der Waals surface area contributed by atoms with Crippen LogP contribution in [0.5, 0.6) is 0 Å². The summed E-state index contributed by atoms with van der Waals surface area (Å²) in [6.45, 7) is 11.7. The van der Waals surface area contributed by atoms with Crippen molar-refractivity contribution in [3.05, 3.63) is 23.9 Å². The molecule has 2 N–H and O–H groups in total. The molecule has 26 heavy (non-hydrogen) atoms. The Labute approximate surface area is 159 Å². The Morgan fingerprint density at radius 1 is 1.23 bits per heavy atom. The lowest BCUT2D eigenvalue weighted by Gasteiger charge is -2.36. The third kappa shape index (κ3) is 5.81. The first-order valence-electron chi connectivity index (χ1n) is 9.84. The van der Waals surface area contributed by atoms with Crippen LogP contribution in [0.25, 0.3) is 0 Å². The van der Waals surface area contributed by atoms with Gasteiger partial charge in [0.15, 0.2) is 8.32 Å². The van der Waals surface area contributed by atoms with Gasteiger partial charge < -0.3 is 4.43 Å². The van der Waals surface area contributed by atoms with Gasteiger partial charge in [0, 0.05) is 17.7 Å². The van der Waals surface area contributed by atoms with E-state index < -0.39 is 8.32 Å². The molecule has 1 fully saturated rings. The predicted octanol–water partition coefficient (Wildman–Crippen LogP) is 5.02. The van der Waals surface area contributed by atoms with E-state index in [-0.39, 0.29) is 16.9 Å². The van der Waals surface area contributed by atoms with Crippen LogP contribution in [0, 0.1) is 5.92 Å². The third-order valence-corrected chi connectivity index (χ3v) is 10.3. The Morgan fingerprint density at radius 2 is 1.88 bits per heavy atom. The van der Waals surface area contributed by atoms with E-state index in [2.05, 4.69) is 49.7 Å². The molecule has 0 aliphatic heterocycles. The predicted molar refractivity (Wildman–Crippen MR) is 109 cm³/mol. The minimum atomic E-state index is -1.83. The molecule has 1 saturated carbocycles. The second-order valence-corrected chi connectivity index (χ2v) is 13.7. The zero-order chi connectivity index (χ0) is 19.2. The van der Waals surface area contributed by atoms with E-state index in [9.17, 15) is 4.79 Å². The van der Waals surface area contributed by atoms with Crippen molar-refractivity contribution in [2.75, 3.05) is 5.43 Å². The van der Waals surface area contributed by atoms with Crippen molar-refractivity contribution in [3.63, 3.8) is 0 Å². The molecule has 0 aromatic carbocycles. The molecule has 0 spiro atoms. The summed E-state index contributed by atoms with van der Waals surface area (Å²) in [5.74, 6) is 0.864. The highest BCUT2D eigenvalue weighted by Gasteiger charge is 2.37. The minimum Gasteiger partial charge on any atom is -0.412 e. The molecule has 6 heteroatoms. The minimum absolute atomic E-state index is 0.0776. The highest BCUT2D eigenvalue weighted by Crippen LogP contribution is 2.37. The molecule has 146 valence electrons. The van der Waals surface area contributed by atoms with Crippen molar-refractivity contribution >= 4 is 20.0 Å². The van der Waals surface area contributed by atoms with Crippen molar-refractivity contribution in [3.8, 4) is 0 Å². The number of anilines is 1. The number of carbonyl (C=O) groups excluding carboxylic acids is 1. The van der Waals surface area contributed by atoms with Gasteiger partial charge in [0.2, 0.25) is 5.91 Å². The van der Waals surface area contributed by atoms with Gasteiger partial charge in [-0.2, -0.15) is 0 Å². The van der Waals surface area contributed by atoms with Crippen LogP contribution in [-0.2, 0) is 15.8 Å². The number of hydrogen-bond acceptors (Lipinski definition) is 4. The number of amides is 1. The van der Waals surface area contributed by atoms with Crippen molar-refractivity contribution in [2.45, 2.75) is 84.0 Å². The van der Waals surface area contributed by atoms with Crippen LogP contribution in [0.2, 0.25) is 18.1 Å². The Kier molecular flexibility index (Phi) is 7.23. The summed E-state index contributed by atoms with van der Waals surface area (Å²) < 4.78 is 6.31. The van der Waals surface area contributed by atoms with Crippen molar-refractivity contribution < 1.29 is 9.22 Å². The van der Waals surface area contributed by atoms with Gasteiger partial charge in [0.1, 0.15) is 5.82 Å². The molecule has 0 radical (unpaired) electrons. The van der Waals surface area contributed by atoms with Gasteiger partial charge in [-0.05, 0) is 37.0 Å². The molecule has 1 heterocycles. The van der Waals surface area contributed by atoms with Crippen molar-refractivity contribution in [2.24, 2.45) is 5.92 Å². The summed E-state index contributed by atoms with van der Waals surface area (Å²) in [6, 6.07) is 3.91. The van der Waals surface area contributed by atoms with Crippen molar-refractivity contribution in [1.29, 1.82) is 0 Å². The van der Waals surface area contributed by atoms with Gasteiger partial charge in [0.25, 0.3) is 0 Å². The molecular weight excluding hydrogens is 342 g/mol. The lowest BCUT2D eigenvalue weighted by atomic mass is 10.00. The molecule has 0 unspecified atom stereocenters. The molecule has 1 aromatic heterocycles. The number of nitrogens with one attached hydrogen (secondary N) is 2. The number of hydrogen-bond donors (Lipinski definition) is 2. The average Bonchev–Trinajstić information content (AvgIpc) is 2.87. The Bertz CT molecular complexity index is 591. The van der Waals surface area contributed by atoms with Crippen LogP contribution >= 0.6 is 0 Å². The van der Waals surface area contributed by atoms with E-state index >= 15 is 0 Å². The summed E-state index contributed by atoms with van der Waals surface area (Å²) in [5.41, 5.74) is 6.87. The quantitative estimate of drug-likeness (QED) is 0.415. The summed E-state index contributed by atoms with van der Waals surface area (Å²) in [7, 11) is -1.83. The SMILES string of the molecule is CC(C)(C)[Si](C)(C)OCc1cccnc1NNC(=O)C1CCCCCC1. The molecule has 1 aliphatic carbocycles. The van der Waals surface area contributed by atoms with E-state index in [1.807, 2.05) is 12.1 Å². The maximum Gasteiger partial charge on any atom is 0.241 e. The van der Waals surface area contributed by atoms with Crippen LogP contribution < -0.4 is 10.9 Å². The van der Waals surface area contributed by atoms with Gasteiger partial charge in [-0.25, -0.2) is 4.98 Å². The summed E-state index contributed by atoms with van der Waals surface area (Å²) in [5, 5.41) is 0.163. The van der Waals surface area contributed by atoms with Gasteiger partial charge in [-0.3, -0.25) is 15.6 Å². The fourth-order valence-corrected chi connectivity index (χ4v) is 3.86. The zero-order valence-corrected chi connectivity index (χ0v) is 18.0. The molecule has 5 nitrogen and oxygen atoms in total. The Hall–Kier alpha value is -1.40.